The molecule has 0 aliphatic heterocycles. The molecular weight excluding hydrogens is 196 g/mol. The second kappa shape index (κ2) is 6.06. The molecule has 0 spiro atoms. The number of hydrogen-bond donors (Lipinski definition) is 3. The number of carboxylic acid groups (broad SMARTS) is 1. The van der Waals surface area contributed by atoms with E-state index in [9.17, 15) is 9.59 Å². The van der Waals surface area contributed by atoms with Crippen molar-refractivity contribution >= 4 is 12.0 Å². The third kappa shape index (κ3) is 7.54. The van der Waals surface area contributed by atoms with Gasteiger partial charge in [0.15, 0.2) is 0 Å². The number of carbonyl (C=O) groups excluding carboxylic acids is 1. The molecule has 15 heavy (non-hydrogen) atoms. The van der Waals surface area contributed by atoms with Crippen molar-refractivity contribution in [2.45, 2.75) is 32.2 Å². The monoisotopic (exact) mass is 214 g/mol. The van der Waals surface area contributed by atoms with E-state index in [1.165, 1.54) is 0 Å². The Kier molecular flexibility index (Phi) is 5.44. The van der Waals surface area contributed by atoms with Gasteiger partial charge in [-0.25, -0.2) is 4.79 Å². The van der Waals surface area contributed by atoms with Crippen molar-refractivity contribution in [3.05, 3.63) is 12.7 Å². The number of carboxylic acids is 1. The van der Waals surface area contributed by atoms with Gasteiger partial charge in [-0.2, -0.15) is 0 Å². The van der Waals surface area contributed by atoms with Gasteiger partial charge in [0.05, 0.1) is 0 Å². The molecule has 0 unspecified atom stereocenters. The van der Waals surface area contributed by atoms with Crippen molar-refractivity contribution in [3.63, 3.8) is 0 Å². The van der Waals surface area contributed by atoms with Crippen molar-refractivity contribution in [1.29, 1.82) is 0 Å². The van der Waals surface area contributed by atoms with E-state index in [-0.39, 0.29) is 12.5 Å². The topological polar surface area (TPSA) is 78.4 Å². The van der Waals surface area contributed by atoms with Crippen molar-refractivity contribution < 1.29 is 14.7 Å². The van der Waals surface area contributed by atoms with E-state index in [4.69, 9.17) is 5.11 Å². The molecule has 0 heterocycles. The summed E-state index contributed by atoms with van der Waals surface area (Å²) in [5, 5.41) is 13.8. The minimum Gasteiger partial charge on any atom is -0.481 e. The average Bonchev–Trinajstić information content (AvgIpc) is 2.11. The number of hydrogen-bond acceptors (Lipinski definition) is 2. The molecule has 5 nitrogen and oxygen atoms in total. The van der Waals surface area contributed by atoms with Crippen LogP contribution >= 0.6 is 0 Å². The van der Waals surface area contributed by atoms with E-state index in [0.29, 0.717) is 13.0 Å². The van der Waals surface area contributed by atoms with Gasteiger partial charge in [0.25, 0.3) is 0 Å². The lowest BCUT2D eigenvalue weighted by Crippen LogP contribution is -2.48. The van der Waals surface area contributed by atoms with Crippen molar-refractivity contribution in [2.75, 3.05) is 6.54 Å². The summed E-state index contributed by atoms with van der Waals surface area (Å²) in [6, 6.07) is -0.315. The molecule has 0 fully saturated rings. The van der Waals surface area contributed by atoms with Gasteiger partial charge in [-0.05, 0) is 20.3 Å². The maximum absolute atomic E-state index is 11.2. The number of nitrogens with one attached hydrogen (secondary N) is 2. The SMILES string of the molecule is C=CCNC(=O)NC(C)(C)CCC(=O)O. The Balaban J connectivity index is 3.95. The molecule has 3 N–H and O–H groups in total. The molecule has 0 aromatic carbocycles. The molecule has 2 amide bonds. The molecular formula is C10H18N2O3. The summed E-state index contributed by atoms with van der Waals surface area (Å²) in [4.78, 5) is 21.6. The fourth-order valence-corrected chi connectivity index (χ4v) is 0.998. The lowest BCUT2D eigenvalue weighted by Gasteiger charge is -2.25. The minimum absolute atomic E-state index is 0.0364. The lowest BCUT2D eigenvalue weighted by atomic mass is 9.99. The number of amides is 2. The van der Waals surface area contributed by atoms with Crippen LogP contribution in [0.1, 0.15) is 26.7 Å². The van der Waals surface area contributed by atoms with E-state index in [2.05, 4.69) is 17.2 Å². The molecule has 0 saturated heterocycles. The summed E-state index contributed by atoms with van der Waals surface area (Å²) in [5.74, 6) is -0.864. The van der Waals surface area contributed by atoms with E-state index in [0.717, 1.165) is 0 Å². The summed E-state index contributed by atoms with van der Waals surface area (Å²) in [7, 11) is 0. The predicted octanol–water partition coefficient (Wildman–Crippen LogP) is 1.11. The second-order valence-corrected chi connectivity index (χ2v) is 3.90. The third-order valence-corrected chi connectivity index (χ3v) is 1.82. The van der Waals surface area contributed by atoms with Crippen molar-refractivity contribution in [2.24, 2.45) is 0 Å². The van der Waals surface area contributed by atoms with Gasteiger partial charge in [-0.15, -0.1) is 6.58 Å². The third-order valence-electron chi connectivity index (χ3n) is 1.82. The fraction of sp³-hybridized carbons (Fsp3) is 0.600. The standard InChI is InChI=1S/C10H18N2O3/c1-4-7-11-9(15)12-10(2,3)6-5-8(13)14/h4H,1,5-7H2,2-3H3,(H,13,14)(H2,11,12,15). The van der Waals surface area contributed by atoms with Crippen LogP contribution in [-0.2, 0) is 4.79 Å². The smallest absolute Gasteiger partial charge is 0.315 e. The quantitative estimate of drug-likeness (QED) is 0.580. The predicted molar refractivity (Wildman–Crippen MR) is 57.7 cm³/mol. The maximum atomic E-state index is 11.2. The van der Waals surface area contributed by atoms with Gasteiger partial charge in [0, 0.05) is 18.5 Å². The van der Waals surface area contributed by atoms with Gasteiger partial charge in [-0.3, -0.25) is 4.79 Å². The van der Waals surface area contributed by atoms with E-state index in [1.54, 1.807) is 19.9 Å². The van der Waals surface area contributed by atoms with Crippen LogP contribution in [-0.4, -0.2) is 29.2 Å². The van der Waals surface area contributed by atoms with E-state index < -0.39 is 11.5 Å². The molecule has 0 atom stereocenters. The van der Waals surface area contributed by atoms with Crippen LogP contribution in [0.3, 0.4) is 0 Å². The molecule has 0 aromatic rings. The van der Waals surface area contributed by atoms with Crippen LogP contribution in [0, 0.1) is 0 Å². The van der Waals surface area contributed by atoms with Crippen LogP contribution < -0.4 is 10.6 Å². The first-order valence-electron chi connectivity index (χ1n) is 4.76. The zero-order valence-electron chi connectivity index (χ0n) is 9.17. The summed E-state index contributed by atoms with van der Waals surface area (Å²) in [6.45, 7) is 7.42. The van der Waals surface area contributed by atoms with E-state index in [1.807, 2.05) is 0 Å². The number of urea groups is 1. The highest BCUT2D eigenvalue weighted by molar-refractivity contribution is 5.75. The van der Waals surface area contributed by atoms with Crippen LogP contribution in [0.5, 0.6) is 0 Å². The summed E-state index contributed by atoms with van der Waals surface area (Å²) < 4.78 is 0. The Bertz CT molecular complexity index is 249. The van der Waals surface area contributed by atoms with Gasteiger partial charge in [0.2, 0.25) is 0 Å². The molecule has 0 aliphatic rings. The Morgan fingerprint density at radius 2 is 2.07 bits per heavy atom. The summed E-state index contributed by atoms with van der Waals surface area (Å²) >= 11 is 0. The summed E-state index contributed by atoms with van der Waals surface area (Å²) in [6.07, 6.45) is 2.00. The molecule has 5 heteroatoms. The number of carbonyl (C=O) groups is 2. The lowest BCUT2D eigenvalue weighted by molar-refractivity contribution is -0.137. The minimum atomic E-state index is -0.864. The fourth-order valence-electron chi connectivity index (χ4n) is 0.998. The molecule has 0 aromatic heterocycles. The highest BCUT2D eigenvalue weighted by atomic mass is 16.4. The Morgan fingerprint density at radius 3 is 2.53 bits per heavy atom. The van der Waals surface area contributed by atoms with Crippen molar-refractivity contribution in [3.8, 4) is 0 Å². The highest BCUT2D eigenvalue weighted by Crippen LogP contribution is 2.10. The molecule has 0 bridgehead atoms. The first-order valence-corrected chi connectivity index (χ1v) is 4.76. The zero-order valence-corrected chi connectivity index (χ0v) is 9.17. The van der Waals surface area contributed by atoms with Crippen LogP contribution in [0.15, 0.2) is 12.7 Å². The van der Waals surface area contributed by atoms with Crippen LogP contribution in [0.4, 0.5) is 4.79 Å². The second-order valence-electron chi connectivity index (χ2n) is 3.90. The van der Waals surface area contributed by atoms with Gasteiger partial charge < -0.3 is 15.7 Å². The normalized spacial score (nSPS) is 10.5. The zero-order chi connectivity index (χ0) is 11.9. The number of aliphatic carboxylic acids is 1. The first-order chi connectivity index (χ1) is 6.87. The molecule has 0 aliphatic carbocycles. The van der Waals surface area contributed by atoms with Crippen molar-refractivity contribution in [1.82, 2.24) is 10.6 Å². The molecule has 0 rings (SSSR count). The number of rotatable bonds is 6. The largest absolute Gasteiger partial charge is 0.481 e. The first kappa shape index (κ1) is 13.5. The Morgan fingerprint density at radius 1 is 1.47 bits per heavy atom. The molecule has 0 saturated carbocycles. The van der Waals surface area contributed by atoms with Crippen LogP contribution in [0.25, 0.3) is 0 Å². The Labute approximate surface area is 89.6 Å². The Hall–Kier alpha value is -1.52. The molecule has 86 valence electrons. The van der Waals surface area contributed by atoms with Gasteiger partial charge >= 0.3 is 12.0 Å². The molecule has 0 radical (unpaired) electrons. The maximum Gasteiger partial charge on any atom is 0.315 e. The van der Waals surface area contributed by atoms with Gasteiger partial charge in [0.1, 0.15) is 0 Å². The highest BCUT2D eigenvalue weighted by Gasteiger charge is 2.20. The van der Waals surface area contributed by atoms with E-state index >= 15 is 0 Å². The van der Waals surface area contributed by atoms with Gasteiger partial charge in [-0.1, -0.05) is 6.08 Å². The summed E-state index contributed by atoms with van der Waals surface area (Å²) in [5.41, 5.74) is -0.524. The van der Waals surface area contributed by atoms with Crippen LogP contribution in [0.2, 0.25) is 0 Å². The average molecular weight is 214 g/mol.